The molecule has 1 rings (SSSR count). The average Bonchev–Trinajstić information content (AvgIpc) is 2.15. The van der Waals surface area contributed by atoms with Crippen molar-refractivity contribution >= 4 is 21.6 Å². The van der Waals surface area contributed by atoms with Gasteiger partial charge in [-0.05, 0) is 32.3 Å². The van der Waals surface area contributed by atoms with Crippen molar-refractivity contribution in [3.8, 4) is 0 Å². The fraction of sp³-hybridized carbons (Fsp3) is 0.455. The average molecular weight is 291 g/mol. The molecular formula is C11H16BrFN2O. The van der Waals surface area contributed by atoms with Gasteiger partial charge in [-0.25, -0.2) is 4.39 Å². The second-order valence-electron chi connectivity index (χ2n) is 3.92. The molecule has 0 spiro atoms. The monoisotopic (exact) mass is 290 g/mol. The Kier molecular flexibility index (Phi) is 5.18. The van der Waals surface area contributed by atoms with Crippen LogP contribution >= 0.6 is 15.9 Å². The lowest BCUT2D eigenvalue weighted by Crippen LogP contribution is -2.31. The van der Waals surface area contributed by atoms with Gasteiger partial charge in [0.2, 0.25) is 0 Å². The summed E-state index contributed by atoms with van der Waals surface area (Å²) in [6.07, 6.45) is -0.516. The molecule has 0 aromatic heterocycles. The summed E-state index contributed by atoms with van der Waals surface area (Å²) in [4.78, 5) is 1.88. The number of halogens is 2. The van der Waals surface area contributed by atoms with Crippen LogP contribution in [0.5, 0.6) is 0 Å². The van der Waals surface area contributed by atoms with Crippen LogP contribution in [0.3, 0.4) is 0 Å². The van der Waals surface area contributed by atoms with Gasteiger partial charge in [0.1, 0.15) is 5.82 Å². The predicted molar refractivity (Wildman–Crippen MR) is 67.2 cm³/mol. The van der Waals surface area contributed by atoms with Crippen LogP contribution in [0, 0.1) is 5.82 Å². The predicted octanol–water partition coefficient (Wildman–Crippen LogP) is 1.92. The Morgan fingerprint density at radius 1 is 1.50 bits per heavy atom. The van der Waals surface area contributed by atoms with E-state index >= 15 is 0 Å². The minimum Gasteiger partial charge on any atom is -0.390 e. The van der Waals surface area contributed by atoms with Crippen LogP contribution in [0.2, 0.25) is 0 Å². The van der Waals surface area contributed by atoms with Gasteiger partial charge in [-0.15, -0.1) is 0 Å². The first-order chi connectivity index (χ1) is 7.49. The van der Waals surface area contributed by atoms with Gasteiger partial charge >= 0.3 is 0 Å². The summed E-state index contributed by atoms with van der Waals surface area (Å²) in [6.45, 7) is 0.877. The Balaban J connectivity index is 2.48. The topological polar surface area (TPSA) is 35.5 Å². The van der Waals surface area contributed by atoms with Gasteiger partial charge in [0, 0.05) is 17.6 Å². The number of anilines is 1. The molecule has 0 aliphatic carbocycles. The van der Waals surface area contributed by atoms with Gasteiger partial charge in [-0.2, -0.15) is 0 Å². The number of benzene rings is 1. The molecule has 1 atom stereocenters. The third-order valence-corrected chi connectivity index (χ3v) is 2.53. The molecule has 0 saturated carbocycles. The SMILES string of the molecule is CN(C)CC(O)CNc1ccc(Br)cc1F. The second-order valence-corrected chi connectivity index (χ2v) is 4.84. The Morgan fingerprint density at radius 2 is 2.19 bits per heavy atom. The van der Waals surface area contributed by atoms with Crippen molar-refractivity contribution in [1.29, 1.82) is 0 Å². The highest BCUT2D eigenvalue weighted by Gasteiger charge is 2.07. The quantitative estimate of drug-likeness (QED) is 0.870. The Labute approximate surface area is 103 Å². The van der Waals surface area contributed by atoms with E-state index in [1.54, 1.807) is 12.1 Å². The number of nitrogens with zero attached hydrogens (tertiary/aromatic N) is 1. The highest BCUT2D eigenvalue weighted by atomic mass is 79.9. The number of hydrogen-bond donors (Lipinski definition) is 2. The number of likely N-dealkylation sites (N-methyl/N-ethyl adjacent to an activating group) is 1. The molecule has 0 aliphatic heterocycles. The van der Waals surface area contributed by atoms with Crippen LogP contribution in [0.25, 0.3) is 0 Å². The largest absolute Gasteiger partial charge is 0.390 e. The second kappa shape index (κ2) is 6.18. The molecular weight excluding hydrogens is 275 g/mol. The summed E-state index contributed by atoms with van der Waals surface area (Å²) < 4.78 is 14.1. The van der Waals surface area contributed by atoms with E-state index in [0.29, 0.717) is 23.2 Å². The highest BCUT2D eigenvalue weighted by molar-refractivity contribution is 9.10. The Hall–Kier alpha value is -0.650. The van der Waals surface area contributed by atoms with Crippen LogP contribution in [0.15, 0.2) is 22.7 Å². The van der Waals surface area contributed by atoms with Crippen molar-refractivity contribution in [2.45, 2.75) is 6.10 Å². The van der Waals surface area contributed by atoms with Crippen LogP contribution in [-0.2, 0) is 0 Å². The Morgan fingerprint density at radius 3 is 2.75 bits per heavy atom. The van der Waals surface area contributed by atoms with E-state index < -0.39 is 6.10 Å². The van der Waals surface area contributed by atoms with Crippen LogP contribution in [-0.4, -0.2) is 43.3 Å². The molecule has 0 fully saturated rings. The number of nitrogens with one attached hydrogen (secondary N) is 1. The normalized spacial score (nSPS) is 12.9. The summed E-state index contributed by atoms with van der Waals surface area (Å²) in [6, 6.07) is 4.78. The standard InChI is InChI=1S/C11H16BrFN2O/c1-15(2)7-9(16)6-14-11-4-3-8(12)5-10(11)13/h3-5,9,14,16H,6-7H2,1-2H3. The van der Waals surface area contributed by atoms with Crippen molar-refractivity contribution in [3.63, 3.8) is 0 Å². The molecule has 1 unspecified atom stereocenters. The minimum atomic E-state index is -0.516. The fourth-order valence-electron chi connectivity index (χ4n) is 1.35. The molecule has 0 saturated heterocycles. The number of rotatable bonds is 5. The molecule has 5 heteroatoms. The number of hydrogen-bond acceptors (Lipinski definition) is 3. The van der Waals surface area contributed by atoms with Gasteiger partial charge in [0.05, 0.1) is 11.8 Å². The molecule has 2 N–H and O–H groups in total. The molecule has 1 aromatic rings. The third kappa shape index (κ3) is 4.47. The molecule has 16 heavy (non-hydrogen) atoms. The fourth-order valence-corrected chi connectivity index (χ4v) is 1.68. The summed E-state index contributed by atoms with van der Waals surface area (Å²) in [7, 11) is 3.76. The van der Waals surface area contributed by atoms with Gasteiger partial charge < -0.3 is 15.3 Å². The lowest BCUT2D eigenvalue weighted by molar-refractivity contribution is 0.148. The maximum Gasteiger partial charge on any atom is 0.147 e. The summed E-state index contributed by atoms with van der Waals surface area (Å²) >= 11 is 3.19. The van der Waals surface area contributed by atoms with Crippen molar-refractivity contribution in [2.75, 3.05) is 32.5 Å². The van der Waals surface area contributed by atoms with Crippen LogP contribution in [0.4, 0.5) is 10.1 Å². The first-order valence-electron chi connectivity index (χ1n) is 5.00. The van der Waals surface area contributed by atoms with E-state index in [2.05, 4.69) is 21.2 Å². The molecule has 3 nitrogen and oxygen atoms in total. The van der Waals surface area contributed by atoms with Crippen molar-refractivity contribution < 1.29 is 9.50 Å². The van der Waals surface area contributed by atoms with Crippen molar-refractivity contribution in [3.05, 3.63) is 28.5 Å². The lowest BCUT2D eigenvalue weighted by Gasteiger charge is -2.17. The van der Waals surface area contributed by atoms with E-state index in [4.69, 9.17) is 0 Å². The first-order valence-corrected chi connectivity index (χ1v) is 5.80. The zero-order valence-corrected chi connectivity index (χ0v) is 11.0. The first kappa shape index (κ1) is 13.4. The summed E-state index contributed by atoms with van der Waals surface area (Å²) in [5.41, 5.74) is 0.404. The third-order valence-electron chi connectivity index (χ3n) is 2.04. The van der Waals surface area contributed by atoms with Gasteiger partial charge in [-0.1, -0.05) is 15.9 Å². The molecule has 0 radical (unpaired) electrons. The molecule has 0 heterocycles. The van der Waals surface area contributed by atoms with E-state index in [9.17, 15) is 9.50 Å². The molecule has 0 amide bonds. The van der Waals surface area contributed by atoms with Crippen molar-refractivity contribution in [2.24, 2.45) is 0 Å². The maximum atomic E-state index is 13.4. The van der Waals surface area contributed by atoms with E-state index in [0.717, 1.165) is 0 Å². The number of aliphatic hydroxyl groups excluding tert-OH is 1. The molecule has 1 aromatic carbocycles. The van der Waals surface area contributed by atoms with Gasteiger partial charge in [0.15, 0.2) is 0 Å². The van der Waals surface area contributed by atoms with Crippen molar-refractivity contribution in [1.82, 2.24) is 4.90 Å². The van der Waals surface area contributed by atoms with Gasteiger partial charge in [-0.3, -0.25) is 0 Å². The highest BCUT2D eigenvalue weighted by Crippen LogP contribution is 2.19. The molecule has 0 bridgehead atoms. The molecule has 0 aliphatic rings. The lowest BCUT2D eigenvalue weighted by atomic mass is 10.2. The number of aliphatic hydroxyl groups is 1. The zero-order valence-electron chi connectivity index (χ0n) is 9.37. The minimum absolute atomic E-state index is 0.327. The van der Waals surface area contributed by atoms with Crippen LogP contribution in [0.1, 0.15) is 0 Å². The smallest absolute Gasteiger partial charge is 0.147 e. The van der Waals surface area contributed by atoms with E-state index in [1.165, 1.54) is 6.07 Å². The van der Waals surface area contributed by atoms with Crippen LogP contribution < -0.4 is 5.32 Å². The molecule has 90 valence electrons. The Bertz CT molecular complexity index is 347. The summed E-state index contributed by atoms with van der Waals surface area (Å²) in [5.74, 6) is -0.327. The van der Waals surface area contributed by atoms with E-state index in [-0.39, 0.29) is 5.82 Å². The van der Waals surface area contributed by atoms with E-state index in [1.807, 2.05) is 19.0 Å². The summed E-state index contributed by atoms with van der Waals surface area (Å²) in [5, 5.41) is 12.5. The maximum absolute atomic E-state index is 13.4. The van der Waals surface area contributed by atoms with Gasteiger partial charge in [0.25, 0.3) is 0 Å². The zero-order chi connectivity index (χ0) is 12.1.